The van der Waals surface area contributed by atoms with Crippen LogP contribution < -0.4 is 10.6 Å². The van der Waals surface area contributed by atoms with Gasteiger partial charge >= 0.3 is 0 Å². The number of halogens is 1. The first kappa shape index (κ1) is 15.6. The van der Waals surface area contributed by atoms with E-state index in [1.54, 1.807) is 12.1 Å². The van der Waals surface area contributed by atoms with Crippen molar-refractivity contribution in [3.8, 4) is 0 Å². The third kappa shape index (κ3) is 3.18. The van der Waals surface area contributed by atoms with Crippen LogP contribution in [0.15, 0.2) is 28.7 Å². The van der Waals surface area contributed by atoms with Crippen molar-refractivity contribution < 1.29 is 4.79 Å². The lowest BCUT2D eigenvalue weighted by Crippen LogP contribution is -2.61. The first-order valence-corrected chi connectivity index (χ1v) is 9.60. The second kappa shape index (κ2) is 5.85. The number of benzene rings is 1. The van der Waals surface area contributed by atoms with Gasteiger partial charge in [0.1, 0.15) is 0 Å². The molecule has 1 aromatic carbocycles. The van der Waals surface area contributed by atoms with Crippen LogP contribution in [0.5, 0.6) is 0 Å². The van der Waals surface area contributed by atoms with Crippen molar-refractivity contribution in [1.29, 1.82) is 0 Å². The standard InChI is InChI=1S/C18H21BrN2OS/c19-15-3-1-14(2-4-15)16(22)20-17(23)21-18-8-11-5-12(9-18)7-13(6-11)10-18/h1-4,11-13H,5-10H2,(H2,20,21,22,23). The highest BCUT2D eigenvalue weighted by Gasteiger charge is 2.51. The Morgan fingerprint density at radius 3 is 2.09 bits per heavy atom. The molecule has 4 fully saturated rings. The molecule has 4 saturated carbocycles. The normalized spacial score (nSPS) is 34.2. The van der Waals surface area contributed by atoms with Crippen molar-refractivity contribution in [3.05, 3.63) is 34.3 Å². The Bertz CT molecular complexity index is 608. The molecule has 0 saturated heterocycles. The van der Waals surface area contributed by atoms with E-state index in [0.29, 0.717) is 10.7 Å². The van der Waals surface area contributed by atoms with E-state index in [1.807, 2.05) is 12.1 Å². The predicted octanol–water partition coefficient (Wildman–Crippen LogP) is 4.02. The van der Waals surface area contributed by atoms with E-state index >= 15 is 0 Å². The molecule has 2 N–H and O–H groups in total. The zero-order valence-electron chi connectivity index (χ0n) is 13.0. The number of carbonyl (C=O) groups is 1. The van der Waals surface area contributed by atoms with Crippen LogP contribution >= 0.6 is 28.1 Å². The number of hydrogen-bond acceptors (Lipinski definition) is 2. The average molecular weight is 393 g/mol. The van der Waals surface area contributed by atoms with Gasteiger partial charge in [0, 0.05) is 15.6 Å². The van der Waals surface area contributed by atoms with Crippen LogP contribution in [-0.4, -0.2) is 16.6 Å². The van der Waals surface area contributed by atoms with Crippen LogP contribution in [-0.2, 0) is 0 Å². The molecule has 0 atom stereocenters. The Hall–Kier alpha value is -0.940. The molecule has 23 heavy (non-hydrogen) atoms. The summed E-state index contributed by atoms with van der Waals surface area (Å²) in [6.45, 7) is 0. The van der Waals surface area contributed by atoms with Gasteiger partial charge < -0.3 is 5.32 Å². The summed E-state index contributed by atoms with van der Waals surface area (Å²) in [6, 6.07) is 7.33. The Labute approximate surface area is 150 Å². The predicted molar refractivity (Wildman–Crippen MR) is 98.2 cm³/mol. The maximum atomic E-state index is 12.3. The summed E-state index contributed by atoms with van der Waals surface area (Å²) in [6.07, 6.45) is 7.85. The Kier molecular flexibility index (Phi) is 3.96. The maximum Gasteiger partial charge on any atom is 0.257 e. The number of amides is 1. The first-order valence-electron chi connectivity index (χ1n) is 8.40. The fraction of sp³-hybridized carbons (Fsp3) is 0.556. The molecular formula is C18H21BrN2OS. The van der Waals surface area contributed by atoms with E-state index in [1.165, 1.54) is 38.5 Å². The Morgan fingerprint density at radius 2 is 1.57 bits per heavy atom. The van der Waals surface area contributed by atoms with Gasteiger partial charge in [-0.15, -0.1) is 0 Å². The molecule has 0 radical (unpaired) electrons. The summed E-state index contributed by atoms with van der Waals surface area (Å²) >= 11 is 8.82. The Morgan fingerprint density at radius 1 is 1.04 bits per heavy atom. The summed E-state index contributed by atoms with van der Waals surface area (Å²) in [5.74, 6) is 2.44. The molecule has 0 aliphatic heterocycles. The summed E-state index contributed by atoms with van der Waals surface area (Å²) in [5, 5.41) is 6.87. The minimum atomic E-state index is -0.139. The molecule has 0 unspecified atom stereocenters. The maximum absolute atomic E-state index is 12.3. The zero-order valence-corrected chi connectivity index (χ0v) is 15.4. The van der Waals surface area contributed by atoms with Gasteiger partial charge in [0.2, 0.25) is 0 Å². The molecule has 0 spiro atoms. The van der Waals surface area contributed by atoms with E-state index in [4.69, 9.17) is 12.2 Å². The van der Waals surface area contributed by atoms with Gasteiger partial charge in [-0.3, -0.25) is 10.1 Å². The van der Waals surface area contributed by atoms with Crippen molar-refractivity contribution in [2.45, 2.75) is 44.1 Å². The third-order valence-corrected chi connectivity index (χ3v) is 6.48. The number of nitrogens with one attached hydrogen (secondary N) is 2. The van der Waals surface area contributed by atoms with Gasteiger partial charge in [0.25, 0.3) is 5.91 Å². The van der Waals surface area contributed by atoms with Gasteiger partial charge in [-0.05, 0) is 92.8 Å². The fourth-order valence-corrected chi connectivity index (χ4v) is 5.89. The average Bonchev–Trinajstić information content (AvgIpc) is 2.45. The van der Waals surface area contributed by atoms with Gasteiger partial charge in [0.15, 0.2) is 5.11 Å². The van der Waals surface area contributed by atoms with Crippen LogP contribution in [0.3, 0.4) is 0 Å². The number of hydrogen-bond donors (Lipinski definition) is 2. The second-order valence-corrected chi connectivity index (χ2v) is 8.94. The monoisotopic (exact) mass is 392 g/mol. The molecule has 4 aliphatic rings. The summed E-state index contributed by atoms with van der Waals surface area (Å²) in [7, 11) is 0. The molecular weight excluding hydrogens is 372 g/mol. The number of carbonyl (C=O) groups excluding carboxylic acids is 1. The molecule has 1 amide bonds. The van der Waals surface area contributed by atoms with Crippen LogP contribution in [0.25, 0.3) is 0 Å². The molecule has 5 heteroatoms. The highest BCUT2D eigenvalue weighted by molar-refractivity contribution is 9.10. The summed E-state index contributed by atoms with van der Waals surface area (Å²) in [5.41, 5.74) is 0.765. The van der Waals surface area contributed by atoms with Crippen molar-refractivity contribution in [2.24, 2.45) is 17.8 Å². The van der Waals surface area contributed by atoms with E-state index in [0.717, 1.165) is 22.2 Å². The third-order valence-electron chi connectivity index (χ3n) is 5.75. The lowest BCUT2D eigenvalue weighted by atomic mass is 9.53. The van der Waals surface area contributed by atoms with E-state index < -0.39 is 0 Å². The number of thiocarbonyl (C=S) groups is 1. The van der Waals surface area contributed by atoms with E-state index in [-0.39, 0.29) is 11.4 Å². The molecule has 4 aliphatic carbocycles. The van der Waals surface area contributed by atoms with Gasteiger partial charge in [-0.25, -0.2) is 0 Å². The summed E-state index contributed by atoms with van der Waals surface area (Å²) < 4.78 is 0.961. The topological polar surface area (TPSA) is 41.1 Å². The molecule has 5 rings (SSSR count). The Balaban J connectivity index is 1.40. The first-order chi connectivity index (χ1) is 11.0. The highest BCUT2D eigenvalue weighted by atomic mass is 79.9. The molecule has 4 bridgehead atoms. The SMILES string of the molecule is O=C(NC(=S)NC12CC3CC(CC(C3)C1)C2)c1ccc(Br)cc1. The minimum absolute atomic E-state index is 0.138. The molecule has 122 valence electrons. The lowest BCUT2D eigenvalue weighted by molar-refractivity contribution is -0.0101. The van der Waals surface area contributed by atoms with Crippen LogP contribution in [0, 0.1) is 17.8 Å². The smallest absolute Gasteiger partial charge is 0.257 e. The van der Waals surface area contributed by atoms with Gasteiger partial charge in [0.05, 0.1) is 0 Å². The van der Waals surface area contributed by atoms with Crippen LogP contribution in [0.4, 0.5) is 0 Å². The quantitative estimate of drug-likeness (QED) is 0.746. The van der Waals surface area contributed by atoms with Crippen molar-refractivity contribution >= 4 is 39.2 Å². The minimum Gasteiger partial charge on any atom is -0.357 e. The summed E-state index contributed by atoms with van der Waals surface area (Å²) in [4.78, 5) is 12.3. The molecule has 0 aromatic heterocycles. The molecule has 1 aromatic rings. The van der Waals surface area contributed by atoms with Crippen LogP contribution in [0.1, 0.15) is 48.9 Å². The van der Waals surface area contributed by atoms with E-state index in [2.05, 4.69) is 26.6 Å². The molecule has 3 nitrogen and oxygen atoms in total. The van der Waals surface area contributed by atoms with Crippen molar-refractivity contribution in [2.75, 3.05) is 0 Å². The van der Waals surface area contributed by atoms with Gasteiger partial charge in [-0.2, -0.15) is 0 Å². The number of rotatable bonds is 2. The van der Waals surface area contributed by atoms with E-state index in [9.17, 15) is 4.79 Å². The molecule has 0 heterocycles. The van der Waals surface area contributed by atoms with Crippen molar-refractivity contribution in [3.63, 3.8) is 0 Å². The van der Waals surface area contributed by atoms with Crippen LogP contribution in [0.2, 0.25) is 0 Å². The second-order valence-electron chi connectivity index (χ2n) is 7.61. The largest absolute Gasteiger partial charge is 0.357 e. The highest BCUT2D eigenvalue weighted by Crippen LogP contribution is 2.55. The van der Waals surface area contributed by atoms with Crippen molar-refractivity contribution in [1.82, 2.24) is 10.6 Å². The fourth-order valence-electron chi connectivity index (χ4n) is 5.31. The zero-order chi connectivity index (χ0) is 16.0. The van der Waals surface area contributed by atoms with Gasteiger partial charge in [-0.1, -0.05) is 15.9 Å². The lowest BCUT2D eigenvalue weighted by Gasteiger charge is -2.57.